The van der Waals surface area contributed by atoms with E-state index in [1.54, 1.807) is 37.7 Å². The Kier molecular flexibility index (Phi) is 3.43. The van der Waals surface area contributed by atoms with Crippen LogP contribution in [-0.4, -0.2) is 23.0 Å². The van der Waals surface area contributed by atoms with Gasteiger partial charge in [-0.1, -0.05) is 0 Å². The minimum Gasteiger partial charge on any atom is -0.497 e. The van der Waals surface area contributed by atoms with Crippen molar-refractivity contribution in [3.63, 3.8) is 0 Å². The van der Waals surface area contributed by atoms with Gasteiger partial charge in [0.25, 0.3) is 5.91 Å². The molecule has 0 saturated heterocycles. The van der Waals surface area contributed by atoms with E-state index in [1.165, 1.54) is 0 Å². The molecular weight excluding hydrogens is 286 g/mol. The highest BCUT2D eigenvalue weighted by atomic mass is 79.9. The van der Waals surface area contributed by atoms with Crippen LogP contribution in [-0.2, 0) is 0 Å². The summed E-state index contributed by atoms with van der Waals surface area (Å²) in [6, 6.07) is 5.19. The molecule has 0 aliphatic carbocycles. The first-order valence-electron chi connectivity index (χ1n) is 4.85. The van der Waals surface area contributed by atoms with Gasteiger partial charge in [0.1, 0.15) is 5.75 Å². The van der Waals surface area contributed by atoms with E-state index in [0.29, 0.717) is 21.7 Å². The van der Waals surface area contributed by atoms with E-state index in [4.69, 9.17) is 4.74 Å². The molecule has 0 aliphatic heterocycles. The Hall–Kier alpha value is -1.82. The third-order valence-corrected chi connectivity index (χ3v) is 2.84. The van der Waals surface area contributed by atoms with Crippen molar-refractivity contribution in [2.45, 2.75) is 0 Å². The van der Waals surface area contributed by atoms with Gasteiger partial charge in [0, 0.05) is 16.9 Å². The number of ether oxygens (including phenoxy) is 1. The van der Waals surface area contributed by atoms with Crippen LogP contribution in [0.25, 0.3) is 0 Å². The number of aromatic amines is 1. The molecule has 5 nitrogen and oxygen atoms in total. The molecule has 2 rings (SSSR count). The predicted molar refractivity (Wildman–Crippen MR) is 67.2 cm³/mol. The molecule has 17 heavy (non-hydrogen) atoms. The molecule has 0 atom stereocenters. The lowest BCUT2D eigenvalue weighted by atomic mass is 10.2. The first-order chi connectivity index (χ1) is 8.20. The van der Waals surface area contributed by atoms with Crippen molar-refractivity contribution in [2.75, 3.05) is 12.4 Å². The summed E-state index contributed by atoms with van der Waals surface area (Å²) in [5, 5.41) is 2.64. The maximum atomic E-state index is 11.9. The summed E-state index contributed by atoms with van der Waals surface area (Å²) in [5.74, 6) is 0.772. The topological polar surface area (TPSA) is 67.0 Å². The molecule has 1 heterocycles. The number of methoxy groups -OCH3 is 1. The van der Waals surface area contributed by atoms with Crippen LogP contribution in [0.5, 0.6) is 5.75 Å². The van der Waals surface area contributed by atoms with Crippen LogP contribution < -0.4 is 10.1 Å². The fourth-order valence-electron chi connectivity index (χ4n) is 1.31. The number of amides is 1. The molecule has 1 aromatic carbocycles. The molecule has 1 amide bonds. The number of benzene rings is 1. The van der Waals surface area contributed by atoms with Gasteiger partial charge in [-0.2, -0.15) is 0 Å². The fraction of sp³-hybridized carbons (Fsp3) is 0.0909. The Balaban J connectivity index is 2.24. The van der Waals surface area contributed by atoms with Gasteiger partial charge in [-0.3, -0.25) is 10.1 Å². The number of rotatable bonds is 3. The van der Waals surface area contributed by atoms with Gasteiger partial charge in [0.15, 0.2) is 0 Å². The molecule has 0 saturated carbocycles. The van der Waals surface area contributed by atoms with Crippen molar-refractivity contribution in [1.82, 2.24) is 9.97 Å². The molecule has 1 aromatic heterocycles. The van der Waals surface area contributed by atoms with Crippen molar-refractivity contribution < 1.29 is 9.53 Å². The normalized spacial score (nSPS) is 10.0. The number of halogens is 1. The summed E-state index contributed by atoms with van der Waals surface area (Å²) in [6.07, 6.45) is 3.20. The lowest BCUT2D eigenvalue weighted by Gasteiger charge is -2.06. The van der Waals surface area contributed by atoms with Crippen LogP contribution >= 0.6 is 15.9 Å². The Morgan fingerprint density at radius 3 is 3.00 bits per heavy atom. The van der Waals surface area contributed by atoms with E-state index in [0.717, 1.165) is 0 Å². The van der Waals surface area contributed by atoms with Crippen molar-refractivity contribution in [2.24, 2.45) is 0 Å². The smallest absolute Gasteiger partial charge is 0.259 e. The average molecular weight is 296 g/mol. The minimum atomic E-state index is -0.259. The van der Waals surface area contributed by atoms with Gasteiger partial charge >= 0.3 is 0 Å². The first kappa shape index (κ1) is 11.7. The van der Waals surface area contributed by atoms with Gasteiger partial charge < -0.3 is 9.72 Å². The van der Waals surface area contributed by atoms with Gasteiger partial charge in [0.05, 0.1) is 12.7 Å². The Labute approximate surface area is 106 Å². The van der Waals surface area contributed by atoms with Gasteiger partial charge in [-0.05, 0) is 34.1 Å². The number of H-pyrrole nitrogens is 1. The Morgan fingerprint density at radius 1 is 1.53 bits per heavy atom. The van der Waals surface area contributed by atoms with Crippen molar-refractivity contribution in [3.05, 3.63) is 40.6 Å². The number of imidazole rings is 1. The fourth-order valence-corrected chi connectivity index (χ4v) is 1.74. The maximum Gasteiger partial charge on any atom is 0.259 e. The first-order valence-corrected chi connectivity index (χ1v) is 5.64. The van der Waals surface area contributed by atoms with E-state index < -0.39 is 0 Å². The van der Waals surface area contributed by atoms with E-state index >= 15 is 0 Å². The summed E-state index contributed by atoms with van der Waals surface area (Å²) < 4.78 is 5.77. The second kappa shape index (κ2) is 5.01. The summed E-state index contributed by atoms with van der Waals surface area (Å²) in [6.45, 7) is 0. The zero-order valence-electron chi connectivity index (χ0n) is 9.03. The van der Waals surface area contributed by atoms with E-state index in [9.17, 15) is 4.79 Å². The van der Waals surface area contributed by atoms with Gasteiger partial charge in [-0.15, -0.1) is 0 Å². The van der Waals surface area contributed by atoms with Crippen LogP contribution in [0, 0.1) is 0 Å². The molecule has 0 radical (unpaired) electrons. The summed E-state index contributed by atoms with van der Waals surface area (Å²) >= 11 is 3.32. The molecule has 2 N–H and O–H groups in total. The standard InChI is InChI=1S/C11H10BrN3O2/c1-17-7-2-3-9(12)8(6-7)10(16)15-11-13-4-5-14-11/h2-6H,1H3,(H2,13,14,15,16). The van der Waals surface area contributed by atoms with Crippen LogP contribution in [0.4, 0.5) is 5.95 Å². The third-order valence-electron chi connectivity index (χ3n) is 2.15. The van der Waals surface area contributed by atoms with Crippen LogP contribution in [0.3, 0.4) is 0 Å². The summed E-state index contributed by atoms with van der Waals surface area (Å²) in [4.78, 5) is 18.7. The van der Waals surface area contributed by atoms with E-state index in [1.807, 2.05) is 0 Å². The highest BCUT2D eigenvalue weighted by Gasteiger charge is 2.12. The van der Waals surface area contributed by atoms with E-state index in [2.05, 4.69) is 31.2 Å². The molecule has 0 bridgehead atoms. The molecular formula is C11H10BrN3O2. The number of hydrogen-bond acceptors (Lipinski definition) is 3. The number of carbonyl (C=O) groups is 1. The van der Waals surface area contributed by atoms with Crippen LogP contribution in [0.2, 0.25) is 0 Å². The summed E-state index contributed by atoms with van der Waals surface area (Å²) in [7, 11) is 1.55. The Morgan fingerprint density at radius 2 is 2.35 bits per heavy atom. The highest BCUT2D eigenvalue weighted by molar-refractivity contribution is 9.10. The lowest BCUT2D eigenvalue weighted by Crippen LogP contribution is -2.13. The minimum absolute atomic E-state index is 0.259. The second-order valence-corrected chi connectivity index (χ2v) is 4.09. The van der Waals surface area contributed by atoms with Crippen molar-refractivity contribution in [3.8, 4) is 5.75 Å². The van der Waals surface area contributed by atoms with Crippen molar-refractivity contribution in [1.29, 1.82) is 0 Å². The number of hydrogen-bond donors (Lipinski definition) is 2. The molecule has 88 valence electrons. The average Bonchev–Trinajstić information content (AvgIpc) is 2.82. The molecule has 0 aliphatic rings. The van der Waals surface area contributed by atoms with Gasteiger partial charge in [0.2, 0.25) is 5.95 Å². The number of aromatic nitrogens is 2. The quantitative estimate of drug-likeness (QED) is 0.914. The monoisotopic (exact) mass is 295 g/mol. The summed E-state index contributed by atoms with van der Waals surface area (Å²) in [5.41, 5.74) is 0.487. The number of carbonyl (C=O) groups excluding carboxylic acids is 1. The number of nitrogens with one attached hydrogen (secondary N) is 2. The van der Waals surface area contributed by atoms with Gasteiger partial charge in [-0.25, -0.2) is 4.98 Å². The molecule has 6 heteroatoms. The van der Waals surface area contributed by atoms with Crippen molar-refractivity contribution >= 4 is 27.8 Å². The van der Waals surface area contributed by atoms with Crippen LogP contribution in [0.15, 0.2) is 35.1 Å². The molecule has 0 unspecified atom stereocenters. The molecule has 0 fully saturated rings. The largest absolute Gasteiger partial charge is 0.497 e. The SMILES string of the molecule is COc1ccc(Br)c(C(=O)Nc2ncc[nH]2)c1. The molecule has 0 spiro atoms. The number of nitrogens with zero attached hydrogens (tertiary/aromatic N) is 1. The third kappa shape index (κ3) is 2.65. The Bertz CT molecular complexity index is 526. The van der Waals surface area contributed by atoms with Crippen LogP contribution in [0.1, 0.15) is 10.4 Å². The van der Waals surface area contributed by atoms with E-state index in [-0.39, 0.29) is 5.91 Å². The lowest BCUT2D eigenvalue weighted by molar-refractivity contribution is 0.102. The molecule has 2 aromatic rings. The predicted octanol–water partition coefficient (Wildman–Crippen LogP) is 2.43. The zero-order chi connectivity index (χ0) is 12.3. The zero-order valence-corrected chi connectivity index (χ0v) is 10.6. The second-order valence-electron chi connectivity index (χ2n) is 3.24. The maximum absolute atomic E-state index is 11.9. The highest BCUT2D eigenvalue weighted by Crippen LogP contribution is 2.23. The number of anilines is 1.